The first-order valence-corrected chi connectivity index (χ1v) is 11.9. The number of amides is 1. The van der Waals surface area contributed by atoms with Crippen LogP contribution in [-0.4, -0.2) is 17.7 Å². The molecule has 1 aromatic heterocycles. The van der Waals surface area contributed by atoms with E-state index >= 15 is 0 Å². The standard InChI is InChI=1S/C30H21ClN2O3/c31-22-13-10-20(11-14-22)29(19-6-2-1-3-7-19)33-30(34)24-17-26(32-25-9-5-4-8-23(24)25)21-12-15-27-28(16-21)36-18-35-27/h1-17,29H,18H2,(H,33,34). The Morgan fingerprint density at radius 2 is 1.53 bits per heavy atom. The first-order valence-electron chi connectivity index (χ1n) is 11.6. The van der Waals surface area contributed by atoms with Crippen molar-refractivity contribution in [3.05, 3.63) is 125 Å². The van der Waals surface area contributed by atoms with E-state index in [0.717, 1.165) is 27.6 Å². The minimum absolute atomic E-state index is 0.195. The Labute approximate surface area is 213 Å². The van der Waals surface area contributed by atoms with Crippen LogP contribution in [0.3, 0.4) is 0 Å². The van der Waals surface area contributed by atoms with Crippen LogP contribution in [0, 0.1) is 0 Å². The third-order valence-electron chi connectivity index (χ3n) is 6.24. The van der Waals surface area contributed by atoms with Gasteiger partial charge >= 0.3 is 0 Å². The summed E-state index contributed by atoms with van der Waals surface area (Å²) < 4.78 is 11.0. The summed E-state index contributed by atoms with van der Waals surface area (Å²) in [5, 5.41) is 4.67. The van der Waals surface area contributed by atoms with Crippen molar-refractivity contribution in [3.63, 3.8) is 0 Å². The number of hydrogen-bond donors (Lipinski definition) is 1. The molecule has 5 aromatic rings. The van der Waals surface area contributed by atoms with Crippen molar-refractivity contribution < 1.29 is 14.3 Å². The maximum Gasteiger partial charge on any atom is 0.252 e. The van der Waals surface area contributed by atoms with Crippen LogP contribution in [0.1, 0.15) is 27.5 Å². The van der Waals surface area contributed by atoms with Gasteiger partial charge in [-0.25, -0.2) is 4.98 Å². The zero-order valence-corrected chi connectivity index (χ0v) is 19.9. The van der Waals surface area contributed by atoms with Gasteiger partial charge in [0.2, 0.25) is 6.79 Å². The number of pyridine rings is 1. The Hall–Kier alpha value is -4.35. The number of benzene rings is 4. The fourth-order valence-corrected chi connectivity index (χ4v) is 4.56. The van der Waals surface area contributed by atoms with E-state index in [-0.39, 0.29) is 18.7 Å². The summed E-state index contributed by atoms with van der Waals surface area (Å²) in [6.45, 7) is 0.198. The number of carbonyl (C=O) groups is 1. The number of aromatic nitrogens is 1. The number of nitrogens with zero attached hydrogens (tertiary/aromatic N) is 1. The maximum absolute atomic E-state index is 13.8. The van der Waals surface area contributed by atoms with Crippen LogP contribution in [0.15, 0.2) is 103 Å². The molecule has 0 fully saturated rings. The molecule has 1 aliphatic heterocycles. The molecule has 0 spiro atoms. The van der Waals surface area contributed by atoms with Gasteiger partial charge in [0.15, 0.2) is 11.5 Å². The second-order valence-electron chi connectivity index (χ2n) is 8.51. The van der Waals surface area contributed by atoms with E-state index in [4.69, 9.17) is 26.1 Å². The van der Waals surface area contributed by atoms with Gasteiger partial charge in [0, 0.05) is 16.0 Å². The molecule has 4 aromatic carbocycles. The topological polar surface area (TPSA) is 60.5 Å². The number of rotatable bonds is 5. The molecule has 0 bridgehead atoms. The molecule has 0 radical (unpaired) electrons. The van der Waals surface area contributed by atoms with Crippen molar-refractivity contribution in [1.82, 2.24) is 10.3 Å². The number of hydrogen-bond acceptors (Lipinski definition) is 4. The fourth-order valence-electron chi connectivity index (χ4n) is 4.44. The average molecular weight is 493 g/mol. The number of para-hydroxylation sites is 1. The van der Waals surface area contributed by atoms with Crippen LogP contribution in [0.2, 0.25) is 5.02 Å². The van der Waals surface area contributed by atoms with Gasteiger partial charge in [-0.05, 0) is 53.6 Å². The highest BCUT2D eigenvalue weighted by atomic mass is 35.5. The normalized spacial score (nSPS) is 12.9. The van der Waals surface area contributed by atoms with E-state index < -0.39 is 0 Å². The highest BCUT2D eigenvalue weighted by Crippen LogP contribution is 2.36. The Kier molecular flexibility index (Phi) is 5.76. The molecule has 1 unspecified atom stereocenters. The molecule has 6 heteroatoms. The molecule has 0 saturated carbocycles. The Morgan fingerprint density at radius 1 is 0.806 bits per heavy atom. The van der Waals surface area contributed by atoms with Gasteiger partial charge in [0.05, 0.1) is 22.8 Å². The third-order valence-corrected chi connectivity index (χ3v) is 6.49. The van der Waals surface area contributed by atoms with E-state index in [1.54, 1.807) is 0 Å². The van der Waals surface area contributed by atoms with Gasteiger partial charge in [-0.2, -0.15) is 0 Å². The lowest BCUT2D eigenvalue weighted by molar-refractivity contribution is 0.0944. The largest absolute Gasteiger partial charge is 0.454 e. The second kappa shape index (κ2) is 9.36. The van der Waals surface area contributed by atoms with Gasteiger partial charge in [-0.1, -0.05) is 72.3 Å². The fraction of sp³-hybridized carbons (Fsp3) is 0.0667. The lowest BCUT2D eigenvalue weighted by atomic mass is 9.97. The first-order chi connectivity index (χ1) is 17.7. The zero-order chi connectivity index (χ0) is 24.5. The zero-order valence-electron chi connectivity index (χ0n) is 19.1. The number of nitrogens with one attached hydrogen (secondary N) is 1. The van der Waals surface area contributed by atoms with E-state index in [0.29, 0.717) is 27.8 Å². The number of carbonyl (C=O) groups excluding carboxylic acids is 1. The summed E-state index contributed by atoms with van der Waals surface area (Å²) >= 11 is 6.13. The monoisotopic (exact) mass is 492 g/mol. The smallest absolute Gasteiger partial charge is 0.252 e. The maximum atomic E-state index is 13.8. The number of ether oxygens (including phenoxy) is 2. The van der Waals surface area contributed by atoms with Gasteiger partial charge in [-0.15, -0.1) is 0 Å². The molecule has 5 nitrogen and oxygen atoms in total. The summed E-state index contributed by atoms with van der Waals surface area (Å²) in [5.74, 6) is 1.17. The molecule has 2 heterocycles. The predicted octanol–water partition coefficient (Wildman–Crippen LogP) is 6.80. The van der Waals surface area contributed by atoms with Crippen molar-refractivity contribution in [2.45, 2.75) is 6.04 Å². The minimum Gasteiger partial charge on any atom is -0.454 e. The van der Waals surface area contributed by atoms with Crippen molar-refractivity contribution in [1.29, 1.82) is 0 Å². The summed E-state index contributed by atoms with van der Waals surface area (Å²) in [6.07, 6.45) is 0. The molecule has 0 aliphatic carbocycles. The van der Waals surface area contributed by atoms with Crippen LogP contribution in [0.4, 0.5) is 0 Å². The van der Waals surface area contributed by atoms with Crippen LogP contribution in [0.25, 0.3) is 22.2 Å². The SMILES string of the molecule is O=C(NC(c1ccccc1)c1ccc(Cl)cc1)c1cc(-c2ccc3c(c2)OCO3)nc2ccccc12. The summed E-state index contributed by atoms with van der Waals surface area (Å²) in [6, 6.07) is 32.2. The molecule has 1 N–H and O–H groups in total. The van der Waals surface area contributed by atoms with Gasteiger partial charge in [-0.3, -0.25) is 4.79 Å². The van der Waals surface area contributed by atoms with Crippen LogP contribution in [0.5, 0.6) is 11.5 Å². The Morgan fingerprint density at radius 3 is 2.36 bits per heavy atom. The third kappa shape index (κ3) is 4.25. The molecule has 36 heavy (non-hydrogen) atoms. The van der Waals surface area contributed by atoms with Crippen LogP contribution < -0.4 is 14.8 Å². The summed E-state index contributed by atoms with van der Waals surface area (Å²) in [5.41, 5.74) is 4.72. The lowest BCUT2D eigenvalue weighted by Crippen LogP contribution is -2.29. The number of halogens is 1. The van der Waals surface area contributed by atoms with Gasteiger partial charge in [0.1, 0.15) is 0 Å². The molecule has 1 aliphatic rings. The van der Waals surface area contributed by atoms with Crippen LogP contribution in [-0.2, 0) is 0 Å². The van der Waals surface area contributed by atoms with Crippen molar-refractivity contribution in [3.8, 4) is 22.8 Å². The molecule has 176 valence electrons. The quantitative estimate of drug-likeness (QED) is 0.293. The van der Waals surface area contributed by atoms with Gasteiger partial charge < -0.3 is 14.8 Å². The first kappa shape index (κ1) is 22.1. The van der Waals surface area contributed by atoms with Crippen LogP contribution >= 0.6 is 11.6 Å². The molecule has 6 rings (SSSR count). The molecule has 1 atom stereocenters. The van der Waals surface area contributed by atoms with Crippen molar-refractivity contribution in [2.24, 2.45) is 0 Å². The molecule has 1 amide bonds. The molecular weight excluding hydrogens is 472 g/mol. The van der Waals surface area contributed by atoms with E-state index in [1.165, 1.54) is 0 Å². The lowest BCUT2D eigenvalue weighted by Gasteiger charge is -2.21. The summed E-state index contributed by atoms with van der Waals surface area (Å²) in [4.78, 5) is 18.7. The van der Waals surface area contributed by atoms with E-state index in [9.17, 15) is 4.79 Å². The second-order valence-corrected chi connectivity index (χ2v) is 8.95. The predicted molar refractivity (Wildman–Crippen MR) is 141 cm³/mol. The minimum atomic E-state index is -0.350. The van der Waals surface area contributed by atoms with Crippen molar-refractivity contribution >= 4 is 28.4 Å². The number of fused-ring (bicyclic) bond motifs is 2. The van der Waals surface area contributed by atoms with Crippen molar-refractivity contribution in [2.75, 3.05) is 6.79 Å². The highest BCUT2D eigenvalue weighted by Gasteiger charge is 2.21. The Bertz CT molecular complexity index is 1570. The molecule has 0 saturated heterocycles. The van der Waals surface area contributed by atoms with E-state index in [1.807, 2.05) is 103 Å². The molecular formula is C30H21ClN2O3. The summed E-state index contributed by atoms with van der Waals surface area (Å²) in [7, 11) is 0. The average Bonchev–Trinajstić information content (AvgIpc) is 3.40. The van der Waals surface area contributed by atoms with Gasteiger partial charge in [0.25, 0.3) is 5.91 Å². The Balaban J connectivity index is 1.42. The highest BCUT2D eigenvalue weighted by molar-refractivity contribution is 6.30. The van der Waals surface area contributed by atoms with E-state index in [2.05, 4.69) is 5.32 Å².